The van der Waals surface area contributed by atoms with Gasteiger partial charge in [-0.15, -0.1) is 0 Å². The first kappa shape index (κ1) is 11.0. The van der Waals surface area contributed by atoms with E-state index in [0.717, 1.165) is 6.42 Å². The molecule has 0 aliphatic heterocycles. The third-order valence-electron chi connectivity index (χ3n) is 3.34. The molecular weight excluding hydrogens is 220 g/mol. The minimum Gasteiger partial charge on any atom is -0.295 e. The second-order valence-corrected chi connectivity index (χ2v) is 4.58. The summed E-state index contributed by atoms with van der Waals surface area (Å²) in [5.74, 6) is 0.247. The zero-order chi connectivity index (χ0) is 12.4. The molecule has 18 heavy (non-hydrogen) atoms. The van der Waals surface area contributed by atoms with Gasteiger partial charge in [0, 0.05) is 6.42 Å². The monoisotopic (exact) mass is 234 g/mol. The molecule has 88 valence electrons. The summed E-state index contributed by atoms with van der Waals surface area (Å²) in [5, 5.41) is 0. The molecule has 3 rings (SSSR count). The number of hydrogen-bond acceptors (Lipinski definition) is 1. The third kappa shape index (κ3) is 2.12. The Morgan fingerprint density at radius 3 is 1.89 bits per heavy atom. The Kier molecular flexibility index (Phi) is 2.81. The quantitative estimate of drug-likeness (QED) is 0.764. The Bertz CT molecular complexity index is 591. The molecule has 0 N–H and O–H groups in total. The van der Waals surface area contributed by atoms with Crippen LogP contribution < -0.4 is 0 Å². The van der Waals surface area contributed by atoms with Crippen LogP contribution in [0, 0.1) is 0 Å². The van der Waals surface area contributed by atoms with E-state index in [4.69, 9.17) is 0 Å². The van der Waals surface area contributed by atoms with Gasteiger partial charge in [-0.1, -0.05) is 54.6 Å². The summed E-state index contributed by atoms with van der Waals surface area (Å²) in [6.45, 7) is 0. The normalized spacial score (nSPS) is 14.7. The van der Waals surface area contributed by atoms with Crippen molar-refractivity contribution in [2.24, 2.45) is 0 Å². The molecule has 1 nitrogen and oxygen atoms in total. The maximum atomic E-state index is 11.2. The summed E-state index contributed by atoms with van der Waals surface area (Å²) < 4.78 is 0. The second-order valence-electron chi connectivity index (χ2n) is 4.58. The molecule has 0 aromatic heterocycles. The Morgan fingerprint density at radius 2 is 1.28 bits per heavy atom. The minimum atomic E-state index is 0.247. The van der Waals surface area contributed by atoms with Crippen LogP contribution in [0.15, 0.2) is 60.7 Å². The van der Waals surface area contributed by atoms with E-state index in [0.29, 0.717) is 6.42 Å². The molecule has 2 aromatic carbocycles. The van der Waals surface area contributed by atoms with Gasteiger partial charge in [0.25, 0.3) is 0 Å². The van der Waals surface area contributed by atoms with Crippen LogP contribution in [0.2, 0.25) is 0 Å². The van der Waals surface area contributed by atoms with Crippen molar-refractivity contribution in [2.75, 3.05) is 0 Å². The predicted molar refractivity (Wildman–Crippen MR) is 74.1 cm³/mol. The van der Waals surface area contributed by atoms with Crippen molar-refractivity contribution in [1.82, 2.24) is 0 Å². The number of carbonyl (C=O) groups excluding carboxylic acids is 1. The molecule has 0 spiro atoms. The maximum absolute atomic E-state index is 11.2. The van der Waals surface area contributed by atoms with E-state index < -0.39 is 0 Å². The Morgan fingerprint density at radius 1 is 0.667 bits per heavy atom. The van der Waals surface area contributed by atoms with Crippen LogP contribution in [-0.2, 0) is 4.79 Å². The zero-order valence-corrected chi connectivity index (χ0v) is 10.1. The van der Waals surface area contributed by atoms with Gasteiger partial charge in [-0.3, -0.25) is 4.79 Å². The average Bonchev–Trinajstić information content (AvgIpc) is 2.87. The minimum absolute atomic E-state index is 0.247. The first-order valence-corrected chi connectivity index (χ1v) is 6.22. The second kappa shape index (κ2) is 4.61. The van der Waals surface area contributed by atoms with Crippen molar-refractivity contribution in [3.8, 4) is 11.1 Å². The molecule has 1 aliphatic carbocycles. The van der Waals surface area contributed by atoms with Gasteiger partial charge in [-0.2, -0.15) is 0 Å². The molecule has 0 saturated carbocycles. The van der Waals surface area contributed by atoms with E-state index >= 15 is 0 Å². The highest BCUT2D eigenvalue weighted by molar-refractivity contribution is 6.01. The summed E-state index contributed by atoms with van der Waals surface area (Å²) in [5.41, 5.74) is 4.77. The molecule has 1 aliphatic rings. The fourth-order valence-electron chi connectivity index (χ4n) is 2.33. The van der Waals surface area contributed by atoms with Crippen molar-refractivity contribution >= 4 is 11.4 Å². The standard InChI is InChI=1S/C17H14O/c18-17-11-10-16(12-17)15-8-6-14(7-9-15)13-4-2-1-3-5-13/h1-9,12H,10-11H2. The summed E-state index contributed by atoms with van der Waals surface area (Å²) >= 11 is 0. The predicted octanol–water partition coefficient (Wildman–Crippen LogP) is 4.10. The highest BCUT2D eigenvalue weighted by atomic mass is 16.1. The lowest BCUT2D eigenvalue weighted by atomic mass is 10.0. The highest BCUT2D eigenvalue weighted by Gasteiger charge is 2.13. The SMILES string of the molecule is O=C1C=C(c2ccc(-c3ccccc3)cc2)CC1. The van der Waals surface area contributed by atoms with E-state index in [9.17, 15) is 4.79 Å². The van der Waals surface area contributed by atoms with Gasteiger partial charge in [0.15, 0.2) is 5.78 Å². The molecule has 0 fully saturated rings. The van der Waals surface area contributed by atoms with Gasteiger partial charge in [0.2, 0.25) is 0 Å². The summed E-state index contributed by atoms with van der Waals surface area (Å²) in [6.07, 6.45) is 3.32. The number of rotatable bonds is 2. The van der Waals surface area contributed by atoms with Crippen LogP contribution in [0.3, 0.4) is 0 Å². The van der Waals surface area contributed by atoms with Crippen LogP contribution >= 0.6 is 0 Å². The van der Waals surface area contributed by atoms with Crippen LogP contribution in [0.4, 0.5) is 0 Å². The molecule has 0 heterocycles. The van der Waals surface area contributed by atoms with E-state index in [1.54, 1.807) is 6.08 Å². The van der Waals surface area contributed by atoms with Crippen LogP contribution in [0.1, 0.15) is 18.4 Å². The lowest BCUT2D eigenvalue weighted by Gasteiger charge is -2.04. The zero-order valence-electron chi connectivity index (χ0n) is 10.1. The lowest BCUT2D eigenvalue weighted by Crippen LogP contribution is -1.82. The van der Waals surface area contributed by atoms with E-state index in [1.165, 1.54) is 22.3 Å². The summed E-state index contributed by atoms with van der Waals surface area (Å²) in [6, 6.07) is 18.8. The van der Waals surface area contributed by atoms with Crippen molar-refractivity contribution in [3.05, 3.63) is 66.2 Å². The van der Waals surface area contributed by atoms with Gasteiger partial charge in [-0.25, -0.2) is 0 Å². The lowest BCUT2D eigenvalue weighted by molar-refractivity contribution is -0.114. The average molecular weight is 234 g/mol. The van der Waals surface area contributed by atoms with Crippen molar-refractivity contribution in [2.45, 2.75) is 12.8 Å². The number of ketones is 1. The number of benzene rings is 2. The van der Waals surface area contributed by atoms with Gasteiger partial charge >= 0.3 is 0 Å². The maximum Gasteiger partial charge on any atom is 0.156 e. The van der Waals surface area contributed by atoms with E-state index in [2.05, 4.69) is 36.4 Å². The first-order chi connectivity index (χ1) is 8.83. The van der Waals surface area contributed by atoms with Crippen LogP contribution in [-0.4, -0.2) is 5.78 Å². The van der Waals surface area contributed by atoms with Gasteiger partial charge in [-0.05, 0) is 34.8 Å². The Labute approximate surface area is 107 Å². The first-order valence-electron chi connectivity index (χ1n) is 6.22. The van der Waals surface area contributed by atoms with Crippen LogP contribution in [0.5, 0.6) is 0 Å². The molecule has 0 amide bonds. The van der Waals surface area contributed by atoms with Gasteiger partial charge in [0.05, 0.1) is 0 Å². The van der Waals surface area contributed by atoms with E-state index in [1.807, 2.05) is 18.2 Å². The summed E-state index contributed by atoms with van der Waals surface area (Å²) in [4.78, 5) is 11.2. The topological polar surface area (TPSA) is 17.1 Å². The Balaban J connectivity index is 1.90. The Hall–Kier alpha value is -2.15. The van der Waals surface area contributed by atoms with E-state index in [-0.39, 0.29) is 5.78 Å². The van der Waals surface area contributed by atoms with Crippen molar-refractivity contribution in [1.29, 1.82) is 0 Å². The van der Waals surface area contributed by atoms with Crippen molar-refractivity contribution < 1.29 is 4.79 Å². The van der Waals surface area contributed by atoms with Gasteiger partial charge < -0.3 is 0 Å². The molecule has 0 saturated heterocycles. The molecule has 2 aromatic rings. The number of carbonyl (C=O) groups is 1. The molecule has 0 atom stereocenters. The van der Waals surface area contributed by atoms with Crippen LogP contribution in [0.25, 0.3) is 16.7 Å². The molecule has 0 unspecified atom stereocenters. The fourth-order valence-corrected chi connectivity index (χ4v) is 2.33. The number of allylic oxidation sites excluding steroid dienone is 2. The molecule has 1 heteroatoms. The summed E-state index contributed by atoms with van der Waals surface area (Å²) in [7, 11) is 0. The molecule has 0 radical (unpaired) electrons. The van der Waals surface area contributed by atoms with Gasteiger partial charge in [0.1, 0.15) is 0 Å². The highest BCUT2D eigenvalue weighted by Crippen LogP contribution is 2.28. The number of hydrogen-bond donors (Lipinski definition) is 0. The molecule has 0 bridgehead atoms. The smallest absolute Gasteiger partial charge is 0.156 e. The third-order valence-corrected chi connectivity index (χ3v) is 3.34. The molecular formula is C17H14O. The largest absolute Gasteiger partial charge is 0.295 e. The fraction of sp³-hybridized carbons (Fsp3) is 0.118. The van der Waals surface area contributed by atoms with Crippen molar-refractivity contribution in [3.63, 3.8) is 0 Å².